The van der Waals surface area contributed by atoms with Gasteiger partial charge < -0.3 is 29.7 Å². The van der Waals surface area contributed by atoms with Gasteiger partial charge in [0.2, 0.25) is 5.95 Å². The van der Waals surface area contributed by atoms with Gasteiger partial charge in [0.25, 0.3) is 11.5 Å². The summed E-state index contributed by atoms with van der Waals surface area (Å²) >= 11 is 6.36. The predicted molar refractivity (Wildman–Crippen MR) is 140 cm³/mol. The van der Waals surface area contributed by atoms with Crippen LogP contribution in [0.25, 0.3) is 10.9 Å². The zero-order valence-corrected chi connectivity index (χ0v) is 21.5. The SMILES string of the molecule is CC.CNC(=O)COc1cc2cc(Nc3nc(N4CCN(C)CC4)ncc3Cl)ccc2n(C)c1=O. The molecule has 3 heterocycles. The highest BCUT2D eigenvalue weighted by molar-refractivity contribution is 6.32. The molecule has 1 fully saturated rings. The van der Waals surface area contributed by atoms with Crippen molar-refractivity contribution in [2.75, 3.05) is 57.1 Å². The van der Waals surface area contributed by atoms with E-state index in [9.17, 15) is 9.59 Å². The summed E-state index contributed by atoms with van der Waals surface area (Å²) in [6, 6.07) is 7.18. The molecule has 1 amide bonds. The molecule has 0 bridgehead atoms. The Balaban J connectivity index is 0.00000167. The zero-order valence-electron chi connectivity index (χ0n) is 20.8. The molecule has 0 saturated carbocycles. The Morgan fingerprint density at radius 2 is 1.86 bits per heavy atom. The number of hydrogen-bond acceptors (Lipinski definition) is 8. The lowest BCUT2D eigenvalue weighted by molar-refractivity contribution is -0.122. The fourth-order valence-corrected chi connectivity index (χ4v) is 3.73. The first kappa shape index (κ1) is 26.2. The number of aryl methyl sites for hydroxylation is 1. The maximum absolute atomic E-state index is 12.6. The summed E-state index contributed by atoms with van der Waals surface area (Å²) in [5, 5.41) is 6.89. The van der Waals surface area contributed by atoms with Crippen LogP contribution in [0.4, 0.5) is 17.5 Å². The van der Waals surface area contributed by atoms with E-state index >= 15 is 0 Å². The number of anilines is 3. The summed E-state index contributed by atoms with van der Waals surface area (Å²) in [5.41, 5.74) is 1.15. The Bertz CT molecular complexity index is 1240. The number of benzene rings is 1. The maximum Gasteiger partial charge on any atom is 0.293 e. The van der Waals surface area contributed by atoms with Crippen molar-refractivity contribution in [3.05, 3.63) is 45.8 Å². The van der Waals surface area contributed by atoms with E-state index < -0.39 is 0 Å². The Kier molecular flexibility index (Phi) is 8.89. The normalized spacial score (nSPS) is 13.7. The number of amides is 1. The van der Waals surface area contributed by atoms with E-state index in [1.165, 1.54) is 11.6 Å². The van der Waals surface area contributed by atoms with Gasteiger partial charge in [-0.3, -0.25) is 9.59 Å². The van der Waals surface area contributed by atoms with Gasteiger partial charge >= 0.3 is 0 Å². The van der Waals surface area contributed by atoms with Gasteiger partial charge in [-0.05, 0) is 31.3 Å². The molecule has 0 unspecified atom stereocenters. The number of pyridine rings is 1. The molecule has 1 aliphatic heterocycles. The van der Waals surface area contributed by atoms with E-state index in [-0.39, 0.29) is 23.8 Å². The van der Waals surface area contributed by atoms with Crippen LogP contribution >= 0.6 is 11.6 Å². The third kappa shape index (κ3) is 6.20. The average Bonchev–Trinajstić information content (AvgIpc) is 2.88. The van der Waals surface area contributed by atoms with Crippen molar-refractivity contribution < 1.29 is 9.53 Å². The number of nitrogens with one attached hydrogen (secondary N) is 2. The molecule has 3 aromatic rings. The lowest BCUT2D eigenvalue weighted by Gasteiger charge is -2.32. The number of rotatable bonds is 6. The molecule has 2 aromatic heterocycles. The minimum absolute atomic E-state index is 0.100. The molecule has 10 nitrogen and oxygen atoms in total. The predicted octanol–water partition coefficient (Wildman–Crippen LogP) is 2.63. The van der Waals surface area contributed by atoms with Crippen LogP contribution in [0.2, 0.25) is 5.02 Å². The number of fused-ring (bicyclic) bond motifs is 1. The topological polar surface area (TPSA) is 105 Å². The molecule has 35 heavy (non-hydrogen) atoms. The monoisotopic (exact) mass is 501 g/mol. The number of nitrogens with zero attached hydrogens (tertiary/aromatic N) is 5. The summed E-state index contributed by atoms with van der Waals surface area (Å²) in [4.78, 5) is 37.5. The number of ether oxygens (including phenoxy) is 1. The standard InChI is InChI=1S/C22H26ClN7O3.C2H6/c1-24-19(31)13-33-18-11-14-10-15(4-5-17(14)29(3)21(18)32)26-20-16(23)12-25-22(27-20)30-8-6-28(2)7-9-30;1-2/h4-5,10-12H,6-9,13H2,1-3H3,(H,24,31)(H,25,26,27);1-2H3. The van der Waals surface area contributed by atoms with E-state index in [0.29, 0.717) is 16.8 Å². The smallest absolute Gasteiger partial charge is 0.293 e. The molecule has 188 valence electrons. The van der Waals surface area contributed by atoms with Crippen LogP contribution in [0.15, 0.2) is 35.3 Å². The van der Waals surface area contributed by atoms with Crippen LogP contribution < -0.4 is 25.8 Å². The van der Waals surface area contributed by atoms with Gasteiger partial charge in [0.05, 0.1) is 11.7 Å². The molecule has 0 aliphatic carbocycles. The largest absolute Gasteiger partial charge is 0.478 e. The first-order valence-corrected chi connectivity index (χ1v) is 11.9. The molecule has 11 heteroatoms. The Morgan fingerprint density at radius 1 is 1.14 bits per heavy atom. The third-order valence-electron chi connectivity index (χ3n) is 5.61. The summed E-state index contributed by atoms with van der Waals surface area (Å²) in [5.74, 6) is 0.911. The quantitative estimate of drug-likeness (QED) is 0.531. The number of likely N-dealkylation sites (N-methyl/N-ethyl adjacent to an activating group) is 2. The van der Waals surface area contributed by atoms with Gasteiger partial charge in [0, 0.05) is 51.3 Å². The van der Waals surface area contributed by atoms with Crippen molar-refractivity contribution in [3.63, 3.8) is 0 Å². The number of halogens is 1. The summed E-state index contributed by atoms with van der Waals surface area (Å²) in [6.45, 7) is 7.35. The summed E-state index contributed by atoms with van der Waals surface area (Å²) in [6.07, 6.45) is 1.60. The second-order valence-corrected chi connectivity index (χ2v) is 8.30. The van der Waals surface area contributed by atoms with Crippen LogP contribution in [0.3, 0.4) is 0 Å². The molecule has 4 rings (SSSR count). The number of carbonyl (C=O) groups is 1. The van der Waals surface area contributed by atoms with E-state index in [0.717, 1.165) is 42.8 Å². The van der Waals surface area contributed by atoms with Crippen molar-refractivity contribution in [2.45, 2.75) is 13.8 Å². The molecular formula is C24H32ClN7O3. The average molecular weight is 502 g/mol. The number of carbonyl (C=O) groups excluding carboxylic acids is 1. The van der Waals surface area contributed by atoms with E-state index in [1.807, 2.05) is 32.0 Å². The Morgan fingerprint density at radius 3 is 2.54 bits per heavy atom. The van der Waals surface area contributed by atoms with E-state index in [1.54, 1.807) is 19.3 Å². The van der Waals surface area contributed by atoms with Crippen LogP contribution in [0.1, 0.15) is 13.8 Å². The molecule has 1 aromatic carbocycles. The lowest BCUT2D eigenvalue weighted by Crippen LogP contribution is -2.45. The molecule has 1 aliphatic rings. The molecule has 1 saturated heterocycles. The number of hydrogen-bond donors (Lipinski definition) is 2. The highest BCUT2D eigenvalue weighted by atomic mass is 35.5. The van der Waals surface area contributed by atoms with Crippen LogP contribution in [0.5, 0.6) is 5.75 Å². The maximum atomic E-state index is 12.6. The van der Waals surface area contributed by atoms with Gasteiger partial charge in [-0.2, -0.15) is 4.98 Å². The van der Waals surface area contributed by atoms with Crippen molar-refractivity contribution in [1.29, 1.82) is 0 Å². The minimum Gasteiger partial charge on any atom is -0.478 e. The Hall–Kier alpha value is -3.37. The second kappa shape index (κ2) is 11.9. The zero-order chi connectivity index (χ0) is 25.5. The fraction of sp³-hybridized carbons (Fsp3) is 0.417. The number of aromatic nitrogens is 3. The molecule has 0 atom stereocenters. The third-order valence-corrected chi connectivity index (χ3v) is 5.89. The van der Waals surface area contributed by atoms with Gasteiger partial charge in [0.1, 0.15) is 5.02 Å². The van der Waals surface area contributed by atoms with Crippen LogP contribution in [-0.4, -0.2) is 72.2 Å². The van der Waals surface area contributed by atoms with Gasteiger partial charge in [-0.1, -0.05) is 25.4 Å². The summed E-state index contributed by atoms with van der Waals surface area (Å²) < 4.78 is 6.92. The molecule has 0 radical (unpaired) electrons. The molecule has 2 N–H and O–H groups in total. The second-order valence-electron chi connectivity index (χ2n) is 7.89. The molecule has 0 spiro atoms. The van der Waals surface area contributed by atoms with Crippen molar-refractivity contribution in [1.82, 2.24) is 24.8 Å². The fourth-order valence-electron chi connectivity index (χ4n) is 3.59. The van der Waals surface area contributed by atoms with Crippen LogP contribution in [-0.2, 0) is 11.8 Å². The molecular weight excluding hydrogens is 470 g/mol. The first-order valence-electron chi connectivity index (χ1n) is 11.6. The Labute approximate surface area is 209 Å². The highest BCUT2D eigenvalue weighted by Gasteiger charge is 2.18. The van der Waals surface area contributed by atoms with Crippen LogP contribution in [0, 0.1) is 0 Å². The van der Waals surface area contributed by atoms with Gasteiger partial charge in [0.15, 0.2) is 18.2 Å². The van der Waals surface area contributed by atoms with Crippen molar-refractivity contribution >= 4 is 45.9 Å². The van der Waals surface area contributed by atoms with Gasteiger partial charge in [-0.15, -0.1) is 0 Å². The van der Waals surface area contributed by atoms with E-state index in [4.69, 9.17) is 16.3 Å². The first-order chi connectivity index (χ1) is 16.9. The highest BCUT2D eigenvalue weighted by Crippen LogP contribution is 2.27. The minimum atomic E-state index is -0.317. The summed E-state index contributed by atoms with van der Waals surface area (Å²) in [7, 11) is 5.27. The van der Waals surface area contributed by atoms with Crippen molar-refractivity contribution in [3.8, 4) is 5.75 Å². The number of piperazine rings is 1. The lowest BCUT2D eigenvalue weighted by atomic mass is 10.2. The van der Waals surface area contributed by atoms with Crippen molar-refractivity contribution in [2.24, 2.45) is 7.05 Å². The van der Waals surface area contributed by atoms with E-state index in [2.05, 4.69) is 37.4 Å². The van der Waals surface area contributed by atoms with Gasteiger partial charge in [-0.25, -0.2) is 4.98 Å².